The second-order valence-corrected chi connectivity index (χ2v) is 4.34. The van der Waals surface area contributed by atoms with E-state index in [2.05, 4.69) is 5.32 Å². The minimum Gasteiger partial charge on any atom is -0.393 e. The highest BCUT2D eigenvalue weighted by atomic mass is 35.5. The van der Waals surface area contributed by atoms with Crippen LogP contribution >= 0.6 is 11.6 Å². The maximum absolute atomic E-state index is 11.0. The lowest BCUT2D eigenvalue weighted by Crippen LogP contribution is -2.01. The summed E-state index contributed by atoms with van der Waals surface area (Å²) in [5, 5.41) is 23.1. The van der Waals surface area contributed by atoms with Gasteiger partial charge < -0.3 is 11.1 Å². The topological polar surface area (TPSA) is 105 Å². The van der Waals surface area contributed by atoms with Gasteiger partial charge in [-0.15, -0.1) is 0 Å². The Morgan fingerprint density at radius 1 is 1.30 bits per heavy atom. The molecule has 0 unspecified atom stereocenters. The summed E-state index contributed by atoms with van der Waals surface area (Å²) in [5.41, 5.74) is 6.43. The summed E-state index contributed by atoms with van der Waals surface area (Å²) >= 11 is 6.00. The molecule has 6 nitrogen and oxygen atoms in total. The van der Waals surface area contributed by atoms with Gasteiger partial charge in [0.15, 0.2) is 0 Å². The quantitative estimate of drug-likeness (QED) is 0.511. The predicted octanol–water partition coefficient (Wildman–Crippen LogP) is 3.45. The Kier molecular flexibility index (Phi) is 3.73. The van der Waals surface area contributed by atoms with Gasteiger partial charge >= 0.3 is 5.69 Å². The molecule has 0 aliphatic heterocycles. The van der Waals surface area contributed by atoms with E-state index < -0.39 is 4.92 Å². The molecule has 0 aliphatic carbocycles. The summed E-state index contributed by atoms with van der Waals surface area (Å²) in [6.45, 7) is 0. The monoisotopic (exact) mass is 288 g/mol. The van der Waals surface area contributed by atoms with Crippen molar-refractivity contribution in [3.63, 3.8) is 0 Å². The van der Waals surface area contributed by atoms with Gasteiger partial charge in [-0.3, -0.25) is 10.1 Å². The van der Waals surface area contributed by atoms with Gasteiger partial charge in [0.2, 0.25) is 0 Å². The highest BCUT2D eigenvalue weighted by molar-refractivity contribution is 6.33. The molecular formula is C13H9ClN4O2. The van der Waals surface area contributed by atoms with Crippen LogP contribution in [0.3, 0.4) is 0 Å². The molecule has 0 saturated carbocycles. The molecule has 0 atom stereocenters. The number of anilines is 3. The summed E-state index contributed by atoms with van der Waals surface area (Å²) in [6, 6.07) is 11.1. The molecule has 2 aromatic carbocycles. The molecule has 0 amide bonds. The maximum Gasteiger partial charge on any atom is 0.315 e. The number of nitro groups is 1. The van der Waals surface area contributed by atoms with Crippen molar-refractivity contribution in [3.8, 4) is 6.07 Å². The molecule has 0 fully saturated rings. The SMILES string of the molecule is N#Cc1ccc(Cl)c(Nc2cccc(N)c2[N+](=O)[O-])c1. The van der Waals surface area contributed by atoms with Gasteiger partial charge in [0.05, 0.1) is 27.3 Å². The van der Waals surface area contributed by atoms with Crippen LogP contribution in [0.4, 0.5) is 22.7 Å². The Balaban J connectivity index is 2.48. The molecule has 2 rings (SSSR count). The molecule has 0 spiro atoms. The Morgan fingerprint density at radius 2 is 2.05 bits per heavy atom. The number of hydrogen-bond acceptors (Lipinski definition) is 5. The number of benzene rings is 2. The first-order valence-corrected chi connectivity index (χ1v) is 5.90. The van der Waals surface area contributed by atoms with Crippen LogP contribution in [0, 0.1) is 21.4 Å². The first-order chi connectivity index (χ1) is 9.52. The molecule has 0 radical (unpaired) electrons. The van der Waals surface area contributed by atoms with Crippen molar-refractivity contribution in [1.82, 2.24) is 0 Å². The lowest BCUT2D eigenvalue weighted by atomic mass is 10.2. The minimum atomic E-state index is -0.570. The summed E-state index contributed by atoms with van der Waals surface area (Å²) in [7, 11) is 0. The van der Waals surface area contributed by atoms with Gasteiger partial charge in [-0.1, -0.05) is 17.7 Å². The van der Waals surface area contributed by atoms with E-state index in [-0.39, 0.29) is 17.1 Å². The molecule has 2 aromatic rings. The highest BCUT2D eigenvalue weighted by Gasteiger charge is 2.18. The third-order valence-electron chi connectivity index (χ3n) is 2.61. The third kappa shape index (κ3) is 2.63. The number of nitrogens with two attached hydrogens (primary N) is 1. The number of nitriles is 1. The second-order valence-electron chi connectivity index (χ2n) is 3.93. The smallest absolute Gasteiger partial charge is 0.315 e. The van der Waals surface area contributed by atoms with E-state index in [1.165, 1.54) is 18.2 Å². The summed E-state index contributed by atoms with van der Waals surface area (Å²) < 4.78 is 0. The predicted molar refractivity (Wildman–Crippen MR) is 77.0 cm³/mol. The lowest BCUT2D eigenvalue weighted by Gasteiger charge is -2.10. The largest absolute Gasteiger partial charge is 0.393 e. The molecule has 100 valence electrons. The lowest BCUT2D eigenvalue weighted by molar-refractivity contribution is -0.383. The van der Waals surface area contributed by atoms with Crippen molar-refractivity contribution >= 4 is 34.4 Å². The van der Waals surface area contributed by atoms with Crippen LogP contribution in [0.1, 0.15) is 5.56 Å². The number of nitrogen functional groups attached to an aromatic ring is 1. The van der Waals surface area contributed by atoms with Crippen molar-refractivity contribution in [2.24, 2.45) is 0 Å². The molecule has 0 aliphatic rings. The minimum absolute atomic E-state index is 0.0487. The molecule has 0 bridgehead atoms. The van der Waals surface area contributed by atoms with Crippen LogP contribution in [0.2, 0.25) is 5.02 Å². The number of halogens is 1. The van der Waals surface area contributed by atoms with Gasteiger partial charge in [0, 0.05) is 0 Å². The van der Waals surface area contributed by atoms with E-state index in [0.717, 1.165) is 0 Å². The number of nitrogens with zero attached hydrogens (tertiary/aromatic N) is 2. The summed E-state index contributed by atoms with van der Waals surface area (Å²) in [4.78, 5) is 10.5. The number of rotatable bonds is 3. The van der Waals surface area contributed by atoms with Gasteiger partial charge in [-0.05, 0) is 30.3 Å². The van der Waals surface area contributed by atoms with Gasteiger partial charge in [-0.25, -0.2) is 0 Å². The van der Waals surface area contributed by atoms with Crippen molar-refractivity contribution in [2.45, 2.75) is 0 Å². The van der Waals surface area contributed by atoms with Crippen molar-refractivity contribution < 1.29 is 4.92 Å². The first kappa shape index (κ1) is 13.6. The zero-order chi connectivity index (χ0) is 14.7. The molecule has 3 N–H and O–H groups in total. The normalized spacial score (nSPS) is 9.80. The summed E-state index contributed by atoms with van der Waals surface area (Å²) in [5.74, 6) is 0. The molecule has 0 saturated heterocycles. The van der Waals surface area contributed by atoms with Crippen LogP contribution in [-0.4, -0.2) is 4.92 Å². The standard InChI is InChI=1S/C13H9ClN4O2/c14-9-5-4-8(7-15)6-12(9)17-11-3-1-2-10(16)13(11)18(19)20/h1-6,17H,16H2. The Morgan fingerprint density at radius 3 is 2.70 bits per heavy atom. The Labute approximate surface area is 119 Å². The van der Waals surface area contributed by atoms with Crippen molar-refractivity contribution in [2.75, 3.05) is 11.1 Å². The second kappa shape index (κ2) is 5.47. The van der Waals surface area contributed by atoms with Gasteiger partial charge in [0.1, 0.15) is 11.4 Å². The van der Waals surface area contributed by atoms with E-state index in [0.29, 0.717) is 16.3 Å². The Bertz CT molecular complexity index is 725. The zero-order valence-electron chi connectivity index (χ0n) is 10.1. The molecular weight excluding hydrogens is 280 g/mol. The highest BCUT2D eigenvalue weighted by Crippen LogP contribution is 2.35. The first-order valence-electron chi connectivity index (χ1n) is 5.52. The fourth-order valence-corrected chi connectivity index (χ4v) is 1.87. The average Bonchev–Trinajstić information content (AvgIpc) is 2.41. The molecule has 7 heteroatoms. The van der Waals surface area contributed by atoms with Crippen LogP contribution in [-0.2, 0) is 0 Å². The number of hydrogen-bond donors (Lipinski definition) is 2. The fourth-order valence-electron chi connectivity index (χ4n) is 1.70. The molecule has 0 heterocycles. The van der Waals surface area contributed by atoms with E-state index in [9.17, 15) is 10.1 Å². The fraction of sp³-hybridized carbons (Fsp3) is 0. The number of nitro benzene ring substituents is 1. The van der Waals surface area contributed by atoms with Crippen molar-refractivity contribution in [3.05, 3.63) is 57.1 Å². The van der Waals surface area contributed by atoms with Crippen molar-refractivity contribution in [1.29, 1.82) is 5.26 Å². The number of nitrogens with one attached hydrogen (secondary N) is 1. The van der Waals surface area contributed by atoms with Gasteiger partial charge in [-0.2, -0.15) is 5.26 Å². The van der Waals surface area contributed by atoms with Crippen LogP contribution in [0.5, 0.6) is 0 Å². The van der Waals surface area contributed by atoms with Crippen LogP contribution in [0.15, 0.2) is 36.4 Å². The Hall–Kier alpha value is -2.78. The summed E-state index contributed by atoms with van der Waals surface area (Å²) in [6.07, 6.45) is 0. The average molecular weight is 289 g/mol. The van der Waals surface area contributed by atoms with E-state index in [1.807, 2.05) is 6.07 Å². The van der Waals surface area contributed by atoms with Crippen LogP contribution in [0.25, 0.3) is 0 Å². The van der Waals surface area contributed by atoms with E-state index in [4.69, 9.17) is 22.6 Å². The zero-order valence-corrected chi connectivity index (χ0v) is 10.9. The van der Waals surface area contributed by atoms with E-state index in [1.54, 1.807) is 18.2 Å². The van der Waals surface area contributed by atoms with Crippen LogP contribution < -0.4 is 11.1 Å². The molecule has 0 aromatic heterocycles. The number of para-hydroxylation sites is 1. The van der Waals surface area contributed by atoms with E-state index >= 15 is 0 Å². The molecule has 20 heavy (non-hydrogen) atoms. The third-order valence-corrected chi connectivity index (χ3v) is 2.94. The van der Waals surface area contributed by atoms with Gasteiger partial charge in [0.25, 0.3) is 0 Å². The maximum atomic E-state index is 11.0.